The first-order valence-electron chi connectivity index (χ1n) is 8.79. The molecular weight excluding hydrogens is 449 g/mol. The third-order valence-corrected chi connectivity index (χ3v) is 5.29. The molecule has 1 fully saturated rings. The monoisotopic (exact) mass is 479 g/mol. The number of piperazine rings is 1. The zero-order valence-corrected chi connectivity index (χ0v) is 18.8. The summed E-state index contributed by atoms with van der Waals surface area (Å²) in [5, 5.41) is 4.54. The van der Waals surface area contributed by atoms with Gasteiger partial charge in [0.05, 0.1) is 10.7 Å². The lowest BCUT2D eigenvalue weighted by Gasteiger charge is -2.36. The molecule has 0 radical (unpaired) electrons. The number of hydrogen-bond acceptors (Lipinski definition) is 4. The van der Waals surface area contributed by atoms with Gasteiger partial charge in [-0.3, -0.25) is 9.79 Å². The van der Waals surface area contributed by atoms with Crippen molar-refractivity contribution in [3.63, 3.8) is 0 Å². The minimum Gasteiger partial charge on any atom is -0.357 e. The molecule has 0 atom stereocenters. The van der Waals surface area contributed by atoms with E-state index in [4.69, 9.17) is 4.99 Å². The van der Waals surface area contributed by atoms with Gasteiger partial charge >= 0.3 is 0 Å². The van der Waals surface area contributed by atoms with Crippen LogP contribution in [0.2, 0.25) is 0 Å². The van der Waals surface area contributed by atoms with E-state index in [1.807, 2.05) is 4.90 Å². The molecule has 1 saturated heterocycles. The average molecular weight is 479 g/mol. The molecular formula is C17H30IN5OS. The number of aryl methyl sites for hydroxylation is 2. The lowest BCUT2D eigenvalue weighted by molar-refractivity contribution is -0.130. The second kappa shape index (κ2) is 10.9. The number of halogens is 1. The maximum absolute atomic E-state index is 11.4. The van der Waals surface area contributed by atoms with Gasteiger partial charge in [-0.15, -0.1) is 35.3 Å². The summed E-state index contributed by atoms with van der Waals surface area (Å²) >= 11 is 1.78. The maximum atomic E-state index is 11.4. The summed E-state index contributed by atoms with van der Waals surface area (Å²) in [6.45, 7) is 12.8. The SMILES string of the molecule is CCNC(=NCCc1nc(CC)c(C)s1)N1CCN(C(C)=O)CC1.I. The van der Waals surface area contributed by atoms with E-state index >= 15 is 0 Å². The van der Waals surface area contributed by atoms with Gasteiger partial charge in [-0.2, -0.15) is 0 Å². The lowest BCUT2D eigenvalue weighted by Crippen LogP contribution is -2.53. The van der Waals surface area contributed by atoms with Crippen LogP contribution in [0.25, 0.3) is 0 Å². The summed E-state index contributed by atoms with van der Waals surface area (Å²) in [4.78, 5) is 26.3. The van der Waals surface area contributed by atoms with Crippen LogP contribution >= 0.6 is 35.3 Å². The molecule has 8 heteroatoms. The Labute approximate surface area is 172 Å². The molecule has 1 aliphatic rings. The maximum Gasteiger partial charge on any atom is 0.219 e. The Morgan fingerprint density at radius 3 is 2.40 bits per heavy atom. The fraction of sp³-hybridized carbons (Fsp3) is 0.706. The number of guanidine groups is 1. The van der Waals surface area contributed by atoms with Crippen LogP contribution < -0.4 is 5.32 Å². The number of amides is 1. The Kier molecular flexibility index (Phi) is 9.70. The first-order chi connectivity index (χ1) is 11.5. The zero-order chi connectivity index (χ0) is 17.5. The molecule has 1 aromatic heterocycles. The molecule has 1 aromatic rings. The average Bonchev–Trinajstić information content (AvgIpc) is 2.94. The van der Waals surface area contributed by atoms with E-state index in [0.29, 0.717) is 0 Å². The molecule has 2 heterocycles. The summed E-state index contributed by atoms with van der Waals surface area (Å²) in [5.41, 5.74) is 1.21. The second-order valence-corrected chi connectivity index (χ2v) is 7.23. The number of carbonyl (C=O) groups is 1. The van der Waals surface area contributed by atoms with E-state index in [9.17, 15) is 4.79 Å². The molecule has 0 saturated carbocycles. The van der Waals surface area contributed by atoms with Crippen molar-refractivity contribution in [1.29, 1.82) is 0 Å². The van der Waals surface area contributed by atoms with Crippen molar-refractivity contribution >= 4 is 47.2 Å². The van der Waals surface area contributed by atoms with Crippen LogP contribution in [0.3, 0.4) is 0 Å². The van der Waals surface area contributed by atoms with Crippen LogP contribution in [0.15, 0.2) is 4.99 Å². The van der Waals surface area contributed by atoms with E-state index < -0.39 is 0 Å². The van der Waals surface area contributed by atoms with Gasteiger partial charge in [-0.05, 0) is 20.3 Å². The Bertz CT molecular complexity index is 582. The van der Waals surface area contributed by atoms with Crippen molar-refractivity contribution in [1.82, 2.24) is 20.1 Å². The van der Waals surface area contributed by atoms with Crippen molar-refractivity contribution in [2.45, 2.75) is 40.5 Å². The summed E-state index contributed by atoms with van der Waals surface area (Å²) in [6.07, 6.45) is 1.88. The normalized spacial score (nSPS) is 15.1. The largest absolute Gasteiger partial charge is 0.357 e. The van der Waals surface area contributed by atoms with Crippen molar-refractivity contribution < 1.29 is 4.79 Å². The molecule has 1 N–H and O–H groups in total. The van der Waals surface area contributed by atoms with Crippen molar-refractivity contribution in [3.05, 3.63) is 15.6 Å². The molecule has 0 aliphatic carbocycles. The number of hydrogen-bond donors (Lipinski definition) is 1. The van der Waals surface area contributed by atoms with Crippen LogP contribution in [0.4, 0.5) is 0 Å². The molecule has 6 nitrogen and oxygen atoms in total. The summed E-state index contributed by atoms with van der Waals surface area (Å²) < 4.78 is 0. The number of aromatic nitrogens is 1. The minimum atomic E-state index is 0. The van der Waals surface area contributed by atoms with E-state index in [-0.39, 0.29) is 29.9 Å². The number of thiazole rings is 1. The molecule has 142 valence electrons. The van der Waals surface area contributed by atoms with Crippen LogP contribution in [-0.2, 0) is 17.6 Å². The number of aliphatic imine (C=N–C) groups is 1. The van der Waals surface area contributed by atoms with E-state index in [1.165, 1.54) is 15.6 Å². The van der Waals surface area contributed by atoms with Crippen LogP contribution in [0, 0.1) is 6.92 Å². The van der Waals surface area contributed by atoms with Gasteiger partial charge < -0.3 is 15.1 Å². The van der Waals surface area contributed by atoms with E-state index in [1.54, 1.807) is 18.3 Å². The van der Waals surface area contributed by atoms with Gasteiger partial charge in [0.25, 0.3) is 0 Å². The Morgan fingerprint density at radius 2 is 1.88 bits per heavy atom. The van der Waals surface area contributed by atoms with Crippen molar-refractivity contribution in [3.8, 4) is 0 Å². The summed E-state index contributed by atoms with van der Waals surface area (Å²) in [5.74, 6) is 1.10. The minimum absolute atomic E-state index is 0. The predicted molar refractivity (Wildman–Crippen MR) is 115 cm³/mol. The summed E-state index contributed by atoms with van der Waals surface area (Å²) in [7, 11) is 0. The smallest absolute Gasteiger partial charge is 0.219 e. The molecule has 0 aromatic carbocycles. The third-order valence-electron chi connectivity index (χ3n) is 4.22. The number of carbonyl (C=O) groups excluding carboxylic acids is 1. The highest BCUT2D eigenvalue weighted by atomic mass is 127. The van der Waals surface area contributed by atoms with Gasteiger partial charge in [0.2, 0.25) is 5.91 Å². The Balaban J connectivity index is 0.00000312. The number of nitrogens with zero attached hydrogens (tertiary/aromatic N) is 4. The van der Waals surface area contributed by atoms with Crippen molar-refractivity contribution in [2.24, 2.45) is 4.99 Å². The molecule has 25 heavy (non-hydrogen) atoms. The molecule has 0 bridgehead atoms. The van der Waals surface area contributed by atoms with Crippen molar-refractivity contribution in [2.75, 3.05) is 39.3 Å². The second-order valence-electron chi connectivity index (χ2n) is 5.94. The fourth-order valence-electron chi connectivity index (χ4n) is 2.84. The fourth-order valence-corrected chi connectivity index (χ4v) is 3.85. The van der Waals surface area contributed by atoms with Gasteiger partial charge in [0, 0.05) is 57.5 Å². The highest BCUT2D eigenvalue weighted by molar-refractivity contribution is 14.0. The topological polar surface area (TPSA) is 60.8 Å². The van der Waals surface area contributed by atoms with Gasteiger partial charge in [0.1, 0.15) is 0 Å². The number of rotatable bonds is 5. The van der Waals surface area contributed by atoms with Gasteiger partial charge in [-0.25, -0.2) is 4.98 Å². The molecule has 0 unspecified atom stereocenters. The first-order valence-corrected chi connectivity index (χ1v) is 9.60. The summed E-state index contributed by atoms with van der Waals surface area (Å²) in [6, 6.07) is 0. The molecule has 0 spiro atoms. The lowest BCUT2D eigenvalue weighted by atomic mass is 10.3. The van der Waals surface area contributed by atoms with Gasteiger partial charge in [-0.1, -0.05) is 6.92 Å². The van der Waals surface area contributed by atoms with E-state index in [2.05, 4.69) is 36.0 Å². The third kappa shape index (κ3) is 6.40. The molecule has 1 aliphatic heterocycles. The van der Waals surface area contributed by atoms with E-state index in [0.717, 1.165) is 58.1 Å². The quantitative estimate of drug-likeness (QED) is 0.400. The van der Waals surface area contributed by atoms with Crippen LogP contribution in [0.1, 0.15) is 36.3 Å². The number of nitrogens with one attached hydrogen (secondary N) is 1. The first kappa shape index (κ1) is 22.1. The predicted octanol–water partition coefficient (Wildman–Crippen LogP) is 2.30. The standard InChI is InChI=1S/C17H29N5OS.HI/c1-5-15-13(3)24-16(20-15)7-8-19-17(18-6-2)22-11-9-21(10-12-22)14(4)23;/h5-12H2,1-4H3,(H,18,19);1H. The molecule has 2 rings (SSSR count). The van der Waals surface area contributed by atoms with Crippen LogP contribution in [-0.4, -0.2) is 65.9 Å². The Hall–Kier alpha value is -0.900. The van der Waals surface area contributed by atoms with Gasteiger partial charge in [0.15, 0.2) is 5.96 Å². The van der Waals surface area contributed by atoms with Crippen LogP contribution in [0.5, 0.6) is 0 Å². The highest BCUT2D eigenvalue weighted by Crippen LogP contribution is 2.18. The Morgan fingerprint density at radius 1 is 1.24 bits per heavy atom. The zero-order valence-electron chi connectivity index (χ0n) is 15.7. The molecule has 1 amide bonds. The highest BCUT2D eigenvalue weighted by Gasteiger charge is 2.20.